The summed E-state index contributed by atoms with van der Waals surface area (Å²) in [7, 11) is -3.81. The van der Waals surface area contributed by atoms with Gasteiger partial charge in [0.25, 0.3) is 10.0 Å². The van der Waals surface area contributed by atoms with Crippen LogP contribution in [0, 0.1) is 0 Å². The zero-order valence-corrected chi connectivity index (χ0v) is 17.7. The maximum absolute atomic E-state index is 12.6. The van der Waals surface area contributed by atoms with Gasteiger partial charge in [0.1, 0.15) is 5.75 Å². The van der Waals surface area contributed by atoms with Gasteiger partial charge in [-0.15, -0.1) is 0 Å². The van der Waals surface area contributed by atoms with Crippen LogP contribution in [0.25, 0.3) is 21.5 Å². The van der Waals surface area contributed by atoms with Gasteiger partial charge in [0, 0.05) is 16.3 Å². The fraction of sp³-hybridized carbons (Fsp3) is 0.0870. The highest BCUT2D eigenvalue weighted by molar-refractivity contribution is 7.89. The largest absolute Gasteiger partial charge is 0.494 e. The number of rotatable bonds is 6. The molecule has 5 nitrogen and oxygen atoms in total. The molecule has 0 bridgehead atoms. The molecule has 30 heavy (non-hydrogen) atoms. The van der Waals surface area contributed by atoms with E-state index in [1.54, 1.807) is 12.1 Å². The number of hydrogen-bond donors (Lipinski definition) is 1. The van der Waals surface area contributed by atoms with E-state index in [0.29, 0.717) is 17.4 Å². The van der Waals surface area contributed by atoms with E-state index < -0.39 is 10.0 Å². The van der Waals surface area contributed by atoms with Crippen molar-refractivity contribution in [2.24, 2.45) is 5.10 Å². The average molecular weight is 439 g/mol. The van der Waals surface area contributed by atoms with Crippen LogP contribution in [-0.2, 0) is 10.0 Å². The molecule has 152 valence electrons. The fourth-order valence-electron chi connectivity index (χ4n) is 3.34. The Balaban J connectivity index is 1.71. The quantitative estimate of drug-likeness (QED) is 0.250. The van der Waals surface area contributed by atoms with E-state index >= 15 is 0 Å². The number of sulfonamides is 1. The lowest BCUT2D eigenvalue weighted by Crippen LogP contribution is -2.18. The van der Waals surface area contributed by atoms with E-state index in [-0.39, 0.29) is 4.90 Å². The second-order valence-electron chi connectivity index (χ2n) is 6.58. The van der Waals surface area contributed by atoms with Crippen LogP contribution in [0.4, 0.5) is 0 Å². The summed E-state index contributed by atoms with van der Waals surface area (Å²) in [6.45, 7) is 2.38. The van der Waals surface area contributed by atoms with Gasteiger partial charge in [-0.3, -0.25) is 0 Å². The summed E-state index contributed by atoms with van der Waals surface area (Å²) < 4.78 is 30.5. The Labute approximate surface area is 180 Å². The van der Waals surface area contributed by atoms with Gasteiger partial charge in [0.2, 0.25) is 0 Å². The number of hydrogen-bond acceptors (Lipinski definition) is 4. The first kappa shape index (κ1) is 20.2. The highest BCUT2D eigenvalue weighted by atomic mass is 35.5. The van der Waals surface area contributed by atoms with Gasteiger partial charge in [-0.25, -0.2) is 4.83 Å². The maximum atomic E-state index is 12.6. The minimum Gasteiger partial charge on any atom is -0.494 e. The van der Waals surface area contributed by atoms with Gasteiger partial charge in [0.15, 0.2) is 0 Å². The summed E-state index contributed by atoms with van der Waals surface area (Å²) in [5.41, 5.74) is 0.792. The molecule has 0 aromatic heterocycles. The molecular formula is C23H19ClN2O3S. The van der Waals surface area contributed by atoms with E-state index in [4.69, 9.17) is 16.3 Å². The van der Waals surface area contributed by atoms with Crippen molar-refractivity contribution in [3.05, 3.63) is 83.4 Å². The normalized spacial score (nSPS) is 11.9. The van der Waals surface area contributed by atoms with Crippen molar-refractivity contribution in [1.82, 2.24) is 4.83 Å². The van der Waals surface area contributed by atoms with Crippen LogP contribution < -0.4 is 9.57 Å². The molecule has 4 aromatic rings. The minimum absolute atomic E-state index is 0.105. The molecule has 0 heterocycles. The van der Waals surface area contributed by atoms with Crippen molar-refractivity contribution in [2.75, 3.05) is 6.61 Å². The number of fused-ring (bicyclic) bond motifs is 2. The zero-order valence-electron chi connectivity index (χ0n) is 16.2. The lowest BCUT2D eigenvalue weighted by atomic mass is 9.97. The standard InChI is InChI=1S/C23H19ClN2O3S/c1-2-29-16-11-13-17(14-12-16)30(27,28)26-25-15-22-18-7-3-5-9-20(18)23(24)21-10-6-4-8-19(21)22/h3-15,26H,2H2,1H3/b25-15+. The molecule has 0 saturated heterocycles. The third-order valence-electron chi connectivity index (χ3n) is 4.72. The van der Waals surface area contributed by atoms with Gasteiger partial charge >= 0.3 is 0 Å². The van der Waals surface area contributed by atoms with Gasteiger partial charge in [0.05, 0.1) is 22.7 Å². The first-order valence-electron chi connectivity index (χ1n) is 9.38. The first-order valence-corrected chi connectivity index (χ1v) is 11.2. The van der Waals surface area contributed by atoms with Crippen LogP contribution in [0.15, 0.2) is 82.8 Å². The van der Waals surface area contributed by atoms with E-state index in [2.05, 4.69) is 9.93 Å². The molecule has 0 spiro atoms. The molecule has 0 radical (unpaired) electrons. The minimum atomic E-state index is -3.81. The molecule has 4 aromatic carbocycles. The van der Waals surface area contributed by atoms with Crippen molar-refractivity contribution in [2.45, 2.75) is 11.8 Å². The Morgan fingerprint density at radius 3 is 1.97 bits per heavy atom. The topological polar surface area (TPSA) is 67.8 Å². The number of halogens is 1. The molecule has 4 rings (SSSR count). The van der Waals surface area contributed by atoms with Crippen molar-refractivity contribution >= 4 is 49.4 Å². The molecule has 7 heteroatoms. The molecule has 0 saturated carbocycles. The molecule has 1 N–H and O–H groups in total. The SMILES string of the molecule is CCOc1ccc(S(=O)(=O)N/N=C/c2c3ccccc3c(Cl)c3ccccc23)cc1. The fourth-order valence-corrected chi connectivity index (χ4v) is 4.46. The zero-order chi connectivity index (χ0) is 21.1. The second kappa shape index (κ2) is 8.34. The van der Waals surface area contributed by atoms with Crippen LogP contribution in [0.5, 0.6) is 5.75 Å². The van der Waals surface area contributed by atoms with Crippen LogP contribution in [0.3, 0.4) is 0 Å². The van der Waals surface area contributed by atoms with Crippen molar-refractivity contribution in [1.29, 1.82) is 0 Å². The van der Waals surface area contributed by atoms with Crippen LogP contribution >= 0.6 is 11.6 Å². The van der Waals surface area contributed by atoms with Crippen LogP contribution in [0.1, 0.15) is 12.5 Å². The van der Waals surface area contributed by atoms with E-state index in [0.717, 1.165) is 27.1 Å². The predicted octanol–water partition coefficient (Wildman–Crippen LogP) is 5.36. The number of nitrogens with zero attached hydrogens (tertiary/aromatic N) is 1. The third-order valence-corrected chi connectivity index (χ3v) is 6.36. The highest BCUT2D eigenvalue weighted by Gasteiger charge is 2.14. The number of ether oxygens (including phenoxy) is 1. The van der Waals surface area contributed by atoms with Gasteiger partial charge in [-0.2, -0.15) is 13.5 Å². The maximum Gasteiger partial charge on any atom is 0.276 e. The molecule has 0 aliphatic heterocycles. The second-order valence-corrected chi connectivity index (χ2v) is 8.61. The van der Waals surface area contributed by atoms with Crippen LogP contribution in [0.2, 0.25) is 5.02 Å². The Kier molecular flexibility index (Phi) is 5.61. The Morgan fingerprint density at radius 1 is 0.900 bits per heavy atom. The molecule has 0 aliphatic carbocycles. The Bertz CT molecular complexity index is 1290. The van der Waals surface area contributed by atoms with E-state index in [1.807, 2.05) is 55.5 Å². The lowest BCUT2D eigenvalue weighted by Gasteiger charge is -2.11. The highest BCUT2D eigenvalue weighted by Crippen LogP contribution is 2.35. The van der Waals surface area contributed by atoms with Gasteiger partial charge < -0.3 is 4.74 Å². The molecule has 0 atom stereocenters. The number of benzene rings is 4. The summed E-state index contributed by atoms with van der Waals surface area (Å²) in [6, 6.07) is 21.6. The molecule has 0 unspecified atom stereocenters. The van der Waals surface area contributed by atoms with Crippen molar-refractivity contribution in [3.8, 4) is 5.75 Å². The predicted molar refractivity (Wildman–Crippen MR) is 122 cm³/mol. The Morgan fingerprint density at radius 2 is 1.43 bits per heavy atom. The summed E-state index contributed by atoms with van der Waals surface area (Å²) in [4.78, 5) is 2.39. The van der Waals surface area contributed by atoms with Crippen molar-refractivity contribution < 1.29 is 13.2 Å². The van der Waals surface area contributed by atoms with Crippen molar-refractivity contribution in [3.63, 3.8) is 0 Å². The first-order chi connectivity index (χ1) is 14.5. The third kappa shape index (κ3) is 3.84. The number of hydrazone groups is 1. The molecule has 0 amide bonds. The van der Waals surface area contributed by atoms with Gasteiger partial charge in [-0.05, 0) is 42.0 Å². The summed E-state index contributed by atoms with van der Waals surface area (Å²) >= 11 is 6.60. The van der Waals surface area contributed by atoms with E-state index in [9.17, 15) is 8.42 Å². The lowest BCUT2D eigenvalue weighted by molar-refractivity contribution is 0.340. The molecular weight excluding hydrogens is 420 g/mol. The number of nitrogens with one attached hydrogen (secondary N) is 1. The summed E-state index contributed by atoms with van der Waals surface area (Å²) in [5, 5.41) is 8.26. The average Bonchev–Trinajstić information content (AvgIpc) is 2.77. The summed E-state index contributed by atoms with van der Waals surface area (Å²) in [5.74, 6) is 0.610. The van der Waals surface area contributed by atoms with Crippen LogP contribution in [-0.4, -0.2) is 21.2 Å². The molecule has 0 fully saturated rings. The smallest absolute Gasteiger partial charge is 0.276 e. The molecule has 0 aliphatic rings. The van der Waals surface area contributed by atoms with E-state index in [1.165, 1.54) is 18.3 Å². The summed E-state index contributed by atoms with van der Waals surface area (Å²) in [6.07, 6.45) is 1.52. The van der Waals surface area contributed by atoms with Gasteiger partial charge in [-0.1, -0.05) is 60.1 Å². The monoisotopic (exact) mass is 438 g/mol. The Hall–Kier alpha value is -3.09.